The first-order valence-electron chi connectivity index (χ1n) is 12.8. The predicted octanol–water partition coefficient (Wildman–Crippen LogP) is 6.35. The fourth-order valence-corrected chi connectivity index (χ4v) is 8.35. The third-order valence-corrected chi connectivity index (χ3v) is 10.1. The molecule has 0 aliphatic heterocycles. The van der Waals surface area contributed by atoms with Crippen molar-refractivity contribution in [3.05, 3.63) is 48.0 Å². The van der Waals surface area contributed by atoms with E-state index in [4.69, 9.17) is 9.47 Å². The third kappa shape index (κ3) is 3.74. The molecule has 4 heteroatoms. The second kappa shape index (κ2) is 8.29. The van der Waals surface area contributed by atoms with Crippen molar-refractivity contribution >= 4 is 11.9 Å². The molecular formula is C29H38O4. The van der Waals surface area contributed by atoms with Crippen LogP contribution in [0, 0.1) is 34.5 Å². The second-order valence-corrected chi connectivity index (χ2v) is 11.7. The second-order valence-electron chi connectivity index (χ2n) is 11.7. The minimum absolute atomic E-state index is 0.0193. The van der Waals surface area contributed by atoms with Gasteiger partial charge >= 0.3 is 11.9 Å². The Morgan fingerprint density at radius 2 is 1.64 bits per heavy atom. The topological polar surface area (TPSA) is 52.6 Å². The van der Waals surface area contributed by atoms with E-state index in [1.165, 1.54) is 18.9 Å². The van der Waals surface area contributed by atoms with E-state index >= 15 is 0 Å². The summed E-state index contributed by atoms with van der Waals surface area (Å²) in [5.74, 6) is 1.86. The van der Waals surface area contributed by atoms with E-state index in [0.717, 1.165) is 44.9 Å². The summed E-state index contributed by atoms with van der Waals surface area (Å²) in [5.41, 5.74) is 2.33. The Labute approximate surface area is 198 Å². The Morgan fingerprint density at radius 3 is 2.36 bits per heavy atom. The molecule has 178 valence electrons. The zero-order chi connectivity index (χ0) is 23.4. The van der Waals surface area contributed by atoms with Gasteiger partial charge in [0, 0.05) is 12.3 Å². The molecular weight excluding hydrogens is 412 g/mol. The van der Waals surface area contributed by atoms with Crippen LogP contribution in [0.3, 0.4) is 0 Å². The summed E-state index contributed by atoms with van der Waals surface area (Å²) < 4.78 is 11.8. The molecule has 1 unspecified atom stereocenters. The van der Waals surface area contributed by atoms with Gasteiger partial charge in [-0.1, -0.05) is 44.2 Å². The van der Waals surface area contributed by atoms with Crippen molar-refractivity contribution in [1.29, 1.82) is 0 Å². The van der Waals surface area contributed by atoms with Gasteiger partial charge in [-0.05, 0) is 92.6 Å². The van der Waals surface area contributed by atoms with E-state index in [0.29, 0.717) is 29.2 Å². The minimum atomic E-state index is -0.192. The molecule has 0 heterocycles. The van der Waals surface area contributed by atoms with E-state index in [1.807, 2.05) is 30.3 Å². The molecule has 4 fully saturated rings. The summed E-state index contributed by atoms with van der Waals surface area (Å²) in [7, 11) is 0. The summed E-state index contributed by atoms with van der Waals surface area (Å²) >= 11 is 0. The van der Waals surface area contributed by atoms with Gasteiger partial charge in [0.2, 0.25) is 0 Å². The van der Waals surface area contributed by atoms with Crippen molar-refractivity contribution < 1.29 is 19.1 Å². The zero-order valence-corrected chi connectivity index (χ0v) is 20.3. The molecule has 4 nitrogen and oxygen atoms in total. The van der Waals surface area contributed by atoms with Crippen molar-refractivity contribution in [1.82, 2.24) is 0 Å². The molecule has 0 N–H and O–H groups in total. The lowest BCUT2D eigenvalue weighted by molar-refractivity contribution is -0.156. The van der Waals surface area contributed by atoms with Gasteiger partial charge in [-0.2, -0.15) is 0 Å². The largest absolute Gasteiger partial charge is 0.463 e. The monoisotopic (exact) mass is 450 g/mol. The smallest absolute Gasteiger partial charge is 0.338 e. The van der Waals surface area contributed by atoms with Gasteiger partial charge in [0.25, 0.3) is 0 Å². The van der Waals surface area contributed by atoms with Gasteiger partial charge in [-0.15, -0.1) is 0 Å². The zero-order valence-electron chi connectivity index (χ0n) is 20.3. The average molecular weight is 451 g/mol. The van der Waals surface area contributed by atoms with E-state index < -0.39 is 0 Å². The summed E-state index contributed by atoms with van der Waals surface area (Å²) in [6.07, 6.45) is 8.48. The van der Waals surface area contributed by atoms with Crippen LogP contribution in [0.15, 0.2) is 42.5 Å². The minimum Gasteiger partial charge on any atom is -0.463 e. The maximum atomic E-state index is 12.8. The van der Waals surface area contributed by atoms with E-state index in [2.05, 4.69) is 20.4 Å². The Balaban J connectivity index is 1.34. The number of esters is 2. The lowest BCUT2D eigenvalue weighted by Crippen LogP contribution is -2.55. The van der Waals surface area contributed by atoms with Crippen LogP contribution in [0.4, 0.5) is 0 Å². The maximum Gasteiger partial charge on any atom is 0.338 e. The van der Waals surface area contributed by atoms with Crippen LogP contribution in [0.2, 0.25) is 0 Å². The standard InChI is InChI=1S/C29H38O4/c1-18-16-21-17-22(32-19(2)30)12-14-28(21,3)24-13-15-29(4)23(26(18)24)10-11-25(29)33-27(31)20-8-6-5-7-9-20/h5-9,21-26H,1,10-17H2,2-4H3/t21-,22+,23-,24+,25+,26?,28+,29+/m1/s1. The van der Waals surface area contributed by atoms with Gasteiger partial charge < -0.3 is 9.47 Å². The molecule has 0 aromatic heterocycles. The summed E-state index contributed by atoms with van der Waals surface area (Å²) in [4.78, 5) is 24.4. The van der Waals surface area contributed by atoms with Crippen LogP contribution < -0.4 is 0 Å². The highest BCUT2D eigenvalue weighted by atomic mass is 16.5. The molecule has 1 aromatic rings. The molecule has 4 aliphatic rings. The molecule has 0 spiro atoms. The first-order chi connectivity index (χ1) is 15.7. The van der Waals surface area contributed by atoms with Crippen LogP contribution >= 0.6 is 0 Å². The Morgan fingerprint density at radius 1 is 0.939 bits per heavy atom. The van der Waals surface area contributed by atoms with Gasteiger partial charge in [0.15, 0.2) is 0 Å². The van der Waals surface area contributed by atoms with Crippen LogP contribution in [-0.4, -0.2) is 24.1 Å². The van der Waals surface area contributed by atoms with Crippen LogP contribution in [-0.2, 0) is 14.3 Å². The number of rotatable bonds is 3. The first kappa shape index (κ1) is 22.7. The molecule has 5 rings (SSSR count). The first-order valence-corrected chi connectivity index (χ1v) is 12.8. The molecule has 0 bridgehead atoms. The molecule has 8 atom stereocenters. The van der Waals surface area contributed by atoms with Gasteiger partial charge in [-0.3, -0.25) is 4.79 Å². The number of fused-ring (bicyclic) bond motifs is 5. The Hall–Kier alpha value is -2.10. The van der Waals surface area contributed by atoms with E-state index in [-0.39, 0.29) is 35.0 Å². The Kier molecular flexibility index (Phi) is 5.69. The summed E-state index contributed by atoms with van der Waals surface area (Å²) in [6, 6.07) is 9.38. The SMILES string of the molecule is C=C1C[C@@H]2C[C@@H](OC(C)=O)CC[C@]2(C)[C@H]2CC[C@]3(C)[C@@H](OC(=O)c4ccccc4)CC[C@@H]3C12. The highest BCUT2D eigenvalue weighted by molar-refractivity contribution is 5.89. The van der Waals surface area contributed by atoms with Crippen molar-refractivity contribution in [2.45, 2.75) is 84.3 Å². The number of ether oxygens (including phenoxy) is 2. The highest BCUT2D eigenvalue weighted by Crippen LogP contribution is 2.67. The van der Waals surface area contributed by atoms with Crippen LogP contribution in [0.1, 0.15) is 82.5 Å². The molecule has 1 aromatic carbocycles. The lowest BCUT2D eigenvalue weighted by Gasteiger charge is -2.61. The van der Waals surface area contributed by atoms with Crippen molar-refractivity contribution in [3.63, 3.8) is 0 Å². The number of hydrogen-bond donors (Lipinski definition) is 0. The average Bonchev–Trinajstić information content (AvgIpc) is 3.11. The summed E-state index contributed by atoms with van der Waals surface area (Å²) in [6.45, 7) is 11.0. The van der Waals surface area contributed by atoms with Crippen molar-refractivity contribution in [2.75, 3.05) is 0 Å². The Bertz CT molecular complexity index is 938. The normalized spacial score (nSPS) is 42.0. The molecule has 33 heavy (non-hydrogen) atoms. The fraction of sp³-hybridized carbons (Fsp3) is 0.655. The quantitative estimate of drug-likeness (QED) is 0.398. The molecule has 0 amide bonds. The highest BCUT2D eigenvalue weighted by Gasteiger charge is 2.62. The molecule has 0 saturated heterocycles. The van der Waals surface area contributed by atoms with Crippen molar-refractivity contribution in [2.24, 2.45) is 34.5 Å². The predicted molar refractivity (Wildman–Crippen MR) is 127 cm³/mol. The number of benzene rings is 1. The van der Waals surface area contributed by atoms with Gasteiger partial charge in [0.1, 0.15) is 12.2 Å². The van der Waals surface area contributed by atoms with E-state index in [1.54, 1.807) is 0 Å². The van der Waals surface area contributed by atoms with E-state index in [9.17, 15) is 9.59 Å². The van der Waals surface area contributed by atoms with Gasteiger partial charge in [-0.25, -0.2) is 4.79 Å². The summed E-state index contributed by atoms with van der Waals surface area (Å²) in [5, 5.41) is 0. The van der Waals surface area contributed by atoms with Crippen LogP contribution in [0.25, 0.3) is 0 Å². The fourth-order valence-electron chi connectivity index (χ4n) is 8.35. The number of hydrogen-bond acceptors (Lipinski definition) is 4. The lowest BCUT2D eigenvalue weighted by atomic mass is 9.44. The van der Waals surface area contributed by atoms with Crippen molar-refractivity contribution in [3.8, 4) is 0 Å². The third-order valence-electron chi connectivity index (χ3n) is 10.1. The van der Waals surface area contributed by atoms with Crippen LogP contribution in [0.5, 0.6) is 0 Å². The van der Waals surface area contributed by atoms with Gasteiger partial charge in [0.05, 0.1) is 5.56 Å². The molecule has 4 aliphatic carbocycles. The molecule has 0 radical (unpaired) electrons. The number of allylic oxidation sites excluding steroid dienone is 1. The number of carbonyl (C=O) groups excluding carboxylic acids is 2. The number of carbonyl (C=O) groups is 2. The maximum absolute atomic E-state index is 12.8. The molecule has 4 saturated carbocycles.